The first-order valence-corrected chi connectivity index (χ1v) is 9.38. The molecule has 0 aliphatic carbocycles. The van der Waals surface area contributed by atoms with Crippen molar-refractivity contribution in [3.63, 3.8) is 0 Å². The zero-order chi connectivity index (χ0) is 22.8. The molecule has 0 unspecified atom stereocenters. The molecule has 1 heterocycles. The lowest BCUT2D eigenvalue weighted by molar-refractivity contribution is -0.137. The van der Waals surface area contributed by atoms with Gasteiger partial charge in [0.2, 0.25) is 0 Å². The molecule has 0 saturated carbocycles. The first-order chi connectivity index (χ1) is 14.6. The van der Waals surface area contributed by atoms with E-state index >= 15 is 0 Å². The highest BCUT2D eigenvalue weighted by Crippen LogP contribution is 2.30. The number of amides is 1. The molecule has 0 saturated heterocycles. The molecule has 1 N–H and O–H groups in total. The number of aromatic nitrogens is 2. The molecular weight excluding hydrogens is 411 g/mol. The Morgan fingerprint density at radius 1 is 1.06 bits per heavy atom. The van der Waals surface area contributed by atoms with Crippen LogP contribution in [-0.2, 0) is 15.7 Å². The average molecular weight is 431 g/mol. The lowest BCUT2D eigenvalue weighted by atomic mass is 10.2. The largest absolute Gasteiger partial charge is 0.449 e. The summed E-state index contributed by atoms with van der Waals surface area (Å²) in [5, 5.41) is 6.70. The van der Waals surface area contributed by atoms with E-state index in [1.54, 1.807) is 18.5 Å². The number of alkyl halides is 3. The number of ether oxygens (including phenoxy) is 1. The van der Waals surface area contributed by atoms with Gasteiger partial charge in [0.25, 0.3) is 5.91 Å². The fourth-order valence-electron chi connectivity index (χ4n) is 3.05. The lowest BCUT2D eigenvalue weighted by Gasteiger charge is -2.15. The van der Waals surface area contributed by atoms with Gasteiger partial charge in [-0.3, -0.25) is 4.79 Å². The normalized spacial score (nSPS) is 12.3. The molecule has 3 aromatic rings. The number of benzene rings is 2. The first-order valence-electron chi connectivity index (χ1n) is 9.38. The Labute approximate surface area is 176 Å². The number of hydrogen-bond acceptors (Lipinski definition) is 4. The third kappa shape index (κ3) is 4.93. The summed E-state index contributed by atoms with van der Waals surface area (Å²) < 4.78 is 45.4. The third-order valence-corrected chi connectivity index (χ3v) is 4.61. The maximum absolute atomic E-state index is 12.8. The van der Waals surface area contributed by atoms with E-state index in [0.29, 0.717) is 11.4 Å². The van der Waals surface area contributed by atoms with Crippen molar-refractivity contribution in [2.75, 3.05) is 5.32 Å². The van der Waals surface area contributed by atoms with Gasteiger partial charge in [0, 0.05) is 5.69 Å². The summed E-state index contributed by atoms with van der Waals surface area (Å²) in [5.74, 6) is -1.50. The number of rotatable bonds is 5. The van der Waals surface area contributed by atoms with E-state index in [9.17, 15) is 22.8 Å². The van der Waals surface area contributed by atoms with Crippen LogP contribution < -0.4 is 5.32 Å². The number of carbonyl (C=O) groups excluding carboxylic acids is 2. The number of aryl methyl sites for hydroxylation is 1. The van der Waals surface area contributed by atoms with Crippen LogP contribution in [0.1, 0.15) is 34.2 Å². The smallest absolute Gasteiger partial charge is 0.416 e. The first kappa shape index (κ1) is 22.1. The monoisotopic (exact) mass is 431 g/mol. The van der Waals surface area contributed by atoms with Crippen LogP contribution in [0.4, 0.5) is 18.9 Å². The summed E-state index contributed by atoms with van der Waals surface area (Å²) in [6.07, 6.45) is -5.77. The Hall–Kier alpha value is -3.62. The molecule has 6 nitrogen and oxygen atoms in total. The lowest BCUT2D eigenvalue weighted by Crippen LogP contribution is -2.30. The van der Waals surface area contributed by atoms with Crippen LogP contribution >= 0.6 is 0 Å². The molecule has 31 heavy (non-hydrogen) atoms. The van der Waals surface area contributed by atoms with Crippen molar-refractivity contribution in [3.05, 3.63) is 77.1 Å². The van der Waals surface area contributed by atoms with Gasteiger partial charge < -0.3 is 10.1 Å². The van der Waals surface area contributed by atoms with E-state index in [-0.39, 0.29) is 11.3 Å². The second kappa shape index (κ2) is 8.63. The van der Waals surface area contributed by atoms with Crippen molar-refractivity contribution >= 4 is 17.6 Å². The molecule has 2 aromatic carbocycles. The van der Waals surface area contributed by atoms with E-state index in [4.69, 9.17) is 4.74 Å². The van der Waals surface area contributed by atoms with Gasteiger partial charge in [-0.1, -0.05) is 24.3 Å². The zero-order valence-electron chi connectivity index (χ0n) is 17.0. The Morgan fingerprint density at radius 3 is 2.39 bits per heavy atom. The van der Waals surface area contributed by atoms with Crippen molar-refractivity contribution in [2.45, 2.75) is 33.1 Å². The number of anilines is 1. The van der Waals surface area contributed by atoms with Gasteiger partial charge in [-0.25, -0.2) is 9.48 Å². The Balaban J connectivity index is 1.72. The summed E-state index contributed by atoms with van der Waals surface area (Å²) >= 11 is 0. The van der Waals surface area contributed by atoms with Crippen LogP contribution in [0.3, 0.4) is 0 Å². The molecule has 3 rings (SSSR count). The number of nitrogens with zero attached hydrogens (tertiary/aromatic N) is 2. The molecule has 1 amide bonds. The number of hydrogen-bond donors (Lipinski definition) is 1. The summed E-state index contributed by atoms with van der Waals surface area (Å²) in [4.78, 5) is 25.0. The minimum absolute atomic E-state index is 0.0491. The summed E-state index contributed by atoms with van der Waals surface area (Å²) in [5.41, 5.74) is 1.01. The van der Waals surface area contributed by atoms with Crippen LogP contribution in [0.5, 0.6) is 0 Å². The van der Waals surface area contributed by atoms with Crippen LogP contribution in [-0.4, -0.2) is 27.8 Å². The summed E-state index contributed by atoms with van der Waals surface area (Å²) in [6, 6.07) is 13.4. The Morgan fingerprint density at radius 2 is 1.74 bits per heavy atom. The van der Waals surface area contributed by atoms with Gasteiger partial charge in [-0.2, -0.15) is 18.3 Å². The summed E-state index contributed by atoms with van der Waals surface area (Å²) in [6.45, 7) is 4.69. The molecule has 0 radical (unpaired) electrons. The molecular formula is C22H20F3N3O3. The van der Waals surface area contributed by atoms with E-state index in [0.717, 1.165) is 17.8 Å². The molecule has 1 atom stereocenters. The molecule has 1 aromatic heterocycles. The fourth-order valence-corrected chi connectivity index (χ4v) is 3.05. The van der Waals surface area contributed by atoms with Crippen molar-refractivity contribution in [2.24, 2.45) is 0 Å². The van der Waals surface area contributed by atoms with Gasteiger partial charge in [0.15, 0.2) is 6.10 Å². The molecule has 0 aliphatic heterocycles. The van der Waals surface area contributed by atoms with Crippen LogP contribution in [0.25, 0.3) is 5.69 Å². The molecule has 9 heteroatoms. The summed E-state index contributed by atoms with van der Waals surface area (Å²) in [7, 11) is 0. The van der Waals surface area contributed by atoms with Crippen molar-refractivity contribution in [3.8, 4) is 5.69 Å². The van der Waals surface area contributed by atoms with Crippen molar-refractivity contribution < 1.29 is 27.5 Å². The maximum Gasteiger partial charge on any atom is 0.416 e. The van der Waals surface area contributed by atoms with Gasteiger partial charge in [0.05, 0.1) is 22.6 Å². The second-order valence-electron chi connectivity index (χ2n) is 6.91. The van der Waals surface area contributed by atoms with Crippen LogP contribution in [0.2, 0.25) is 0 Å². The molecule has 162 valence electrons. The minimum atomic E-state index is -4.53. The fraction of sp³-hybridized carbons (Fsp3) is 0.227. The van der Waals surface area contributed by atoms with Crippen molar-refractivity contribution in [1.29, 1.82) is 0 Å². The predicted molar refractivity (Wildman–Crippen MR) is 108 cm³/mol. The average Bonchev–Trinajstić information content (AvgIpc) is 3.02. The number of para-hydroxylation sites is 1. The number of esters is 1. The minimum Gasteiger partial charge on any atom is -0.449 e. The number of nitrogens with one attached hydrogen (secondary N) is 1. The standard InChI is InChI=1S/C22H20F3N3O3/c1-13-19(14(2)28(27-13)18-10-5-4-6-11-18)21(30)31-15(3)20(29)26-17-9-7-8-16(12-17)22(23,24)25/h4-12,15H,1-3H3,(H,26,29)/t15-/m1/s1. The van der Waals surface area contributed by atoms with Crippen LogP contribution in [0, 0.1) is 13.8 Å². The van der Waals surface area contributed by atoms with E-state index < -0.39 is 29.7 Å². The molecule has 0 bridgehead atoms. The van der Waals surface area contributed by atoms with Crippen molar-refractivity contribution in [1.82, 2.24) is 9.78 Å². The highest BCUT2D eigenvalue weighted by molar-refractivity contribution is 5.98. The molecule has 0 spiro atoms. The predicted octanol–water partition coefficient (Wildman–Crippen LogP) is 4.69. The third-order valence-electron chi connectivity index (χ3n) is 4.61. The van der Waals surface area contributed by atoms with E-state index in [2.05, 4.69) is 10.4 Å². The zero-order valence-corrected chi connectivity index (χ0v) is 17.0. The Bertz CT molecular complexity index is 1110. The SMILES string of the molecule is Cc1nn(-c2ccccc2)c(C)c1C(=O)O[C@H](C)C(=O)Nc1cccc(C(F)(F)F)c1. The highest BCUT2D eigenvalue weighted by atomic mass is 19.4. The van der Waals surface area contributed by atoms with E-state index in [1.165, 1.54) is 19.1 Å². The van der Waals surface area contributed by atoms with Gasteiger partial charge in [0.1, 0.15) is 5.56 Å². The molecule has 0 fully saturated rings. The quantitative estimate of drug-likeness (QED) is 0.595. The number of halogens is 3. The van der Waals surface area contributed by atoms with Gasteiger partial charge in [-0.15, -0.1) is 0 Å². The molecule has 0 aliphatic rings. The van der Waals surface area contributed by atoms with E-state index in [1.807, 2.05) is 30.3 Å². The Kier molecular flexibility index (Phi) is 6.14. The topological polar surface area (TPSA) is 73.2 Å². The van der Waals surface area contributed by atoms with Gasteiger partial charge >= 0.3 is 12.1 Å². The number of carbonyl (C=O) groups is 2. The van der Waals surface area contributed by atoms with Gasteiger partial charge in [-0.05, 0) is 51.1 Å². The highest BCUT2D eigenvalue weighted by Gasteiger charge is 2.31. The van der Waals surface area contributed by atoms with Crippen LogP contribution in [0.15, 0.2) is 54.6 Å². The second-order valence-corrected chi connectivity index (χ2v) is 6.91. The maximum atomic E-state index is 12.8.